The van der Waals surface area contributed by atoms with Crippen LogP contribution in [0, 0.1) is 11.7 Å². The highest BCUT2D eigenvalue weighted by Gasteiger charge is 2.48. The number of carbonyl (C=O) groups excluding carboxylic acids is 1. The minimum Gasteiger partial charge on any atom is -0.369 e. The molecule has 4 nitrogen and oxygen atoms in total. The molecule has 4 rings (SSSR count). The lowest BCUT2D eigenvalue weighted by atomic mass is 9.74. The van der Waals surface area contributed by atoms with Crippen LogP contribution in [0.5, 0.6) is 0 Å². The minimum atomic E-state index is -0.328. The third kappa shape index (κ3) is 2.84. The van der Waals surface area contributed by atoms with E-state index < -0.39 is 0 Å². The SMILES string of the molecule is CC1(C)CC[C@H]2CN(C(=O)c3cc4cccc(F)c4[nH]3)CC[C@@]2(C)O1. The number of H-pyrrole nitrogens is 1. The number of aromatic amines is 1. The molecule has 25 heavy (non-hydrogen) atoms. The topological polar surface area (TPSA) is 45.3 Å². The van der Waals surface area contributed by atoms with Crippen LogP contribution >= 0.6 is 0 Å². The lowest BCUT2D eigenvalue weighted by Gasteiger charge is -2.53. The van der Waals surface area contributed by atoms with Crippen molar-refractivity contribution in [1.29, 1.82) is 0 Å². The zero-order chi connectivity index (χ0) is 17.8. The lowest BCUT2D eigenvalue weighted by Crippen LogP contribution is -2.58. The number of fused-ring (bicyclic) bond motifs is 2. The molecule has 134 valence electrons. The van der Waals surface area contributed by atoms with Gasteiger partial charge in [-0.05, 0) is 52.2 Å². The van der Waals surface area contributed by atoms with Crippen LogP contribution in [0.15, 0.2) is 24.3 Å². The van der Waals surface area contributed by atoms with Crippen LogP contribution in [0.1, 0.15) is 50.5 Å². The first kappa shape index (κ1) is 16.6. The molecule has 3 heterocycles. The normalized spacial score (nSPS) is 28.8. The summed E-state index contributed by atoms with van der Waals surface area (Å²) in [6, 6.07) is 6.62. The molecule has 0 unspecified atom stereocenters. The van der Waals surface area contributed by atoms with E-state index in [1.54, 1.807) is 12.1 Å². The van der Waals surface area contributed by atoms with Gasteiger partial charge in [0.05, 0.1) is 16.7 Å². The minimum absolute atomic E-state index is 0.0533. The molecule has 0 spiro atoms. The number of hydrogen-bond donors (Lipinski definition) is 1. The van der Waals surface area contributed by atoms with E-state index in [0.717, 1.165) is 24.6 Å². The number of carbonyl (C=O) groups is 1. The average Bonchev–Trinajstić information content (AvgIpc) is 2.98. The largest absolute Gasteiger partial charge is 0.369 e. The third-order valence-electron chi connectivity index (χ3n) is 5.91. The number of para-hydroxylation sites is 1. The monoisotopic (exact) mass is 344 g/mol. The van der Waals surface area contributed by atoms with E-state index in [9.17, 15) is 9.18 Å². The second-order valence-electron chi connectivity index (χ2n) is 8.30. The van der Waals surface area contributed by atoms with Gasteiger partial charge in [0.1, 0.15) is 11.5 Å². The Bertz CT molecular complexity index is 828. The van der Waals surface area contributed by atoms with Gasteiger partial charge >= 0.3 is 0 Å². The fourth-order valence-corrected chi connectivity index (χ4v) is 4.44. The lowest BCUT2D eigenvalue weighted by molar-refractivity contribution is -0.210. The highest BCUT2D eigenvalue weighted by atomic mass is 19.1. The molecule has 1 aromatic carbocycles. The number of likely N-dealkylation sites (tertiary alicyclic amines) is 1. The maximum Gasteiger partial charge on any atom is 0.270 e. The molecule has 2 aromatic rings. The maximum absolute atomic E-state index is 13.9. The summed E-state index contributed by atoms with van der Waals surface area (Å²) in [5.74, 6) is -0.0347. The number of piperidine rings is 1. The summed E-state index contributed by atoms with van der Waals surface area (Å²) in [6.07, 6.45) is 2.91. The number of halogens is 1. The number of amides is 1. The van der Waals surface area contributed by atoms with Crippen LogP contribution in [0.3, 0.4) is 0 Å². The predicted molar refractivity (Wildman–Crippen MR) is 95.1 cm³/mol. The quantitative estimate of drug-likeness (QED) is 0.846. The zero-order valence-electron chi connectivity index (χ0n) is 15.1. The van der Waals surface area contributed by atoms with E-state index >= 15 is 0 Å². The number of hydrogen-bond acceptors (Lipinski definition) is 2. The van der Waals surface area contributed by atoms with Gasteiger partial charge in [0.15, 0.2) is 0 Å². The summed E-state index contributed by atoms with van der Waals surface area (Å²) in [5.41, 5.74) is 0.605. The summed E-state index contributed by atoms with van der Waals surface area (Å²) >= 11 is 0. The molecule has 0 bridgehead atoms. The van der Waals surface area contributed by atoms with E-state index in [2.05, 4.69) is 25.8 Å². The molecule has 2 fully saturated rings. The van der Waals surface area contributed by atoms with Gasteiger partial charge in [0, 0.05) is 24.4 Å². The Labute approximate surface area is 147 Å². The van der Waals surface area contributed by atoms with E-state index in [1.165, 1.54) is 6.07 Å². The maximum atomic E-state index is 13.9. The molecular weight excluding hydrogens is 319 g/mol. The first-order valence-electron chi connectivity index (χ1n) is 9.04. The Hall–Kier alpha value is -1.88. The van der Waals surface area contributed by atoms with Gasteiger partial charge in [-0.1, -0.05) is 12.1 Å². The van der Waals surface area contributed by atoms with Gasteiger partial charge < -0.3 is 14.6 Å². The van der Waals surface area contributed by atoms with Gasteiger partial charge in [-0.25, -0.2) is 4.39 Å². The van der Waals surface area contributed by atoms with Crippen LogP contribution < -0.4 is 0 Å². The van der Waals surface area contributed by atoms with Crippen LogP contribution in [0.2, 0.25) is 0 Å². The Morgan fingerprint density at radius 1 is 1.32 bits per heavy atom. The summed E-state index contributed by atoms with van der Waals surface area (Å²) in [4.78, 5) is 17.8. The summed E-state index contributed by atoms with van der Waals surface area (Å²) in [5, 5.41) is 0.730. The first-order chi connectivity index (χ1) is 11.8. The zero-order valence-corrected chi connectivity index (χ0v) is 15.1. The van der Waals surface area contributed by atoms with E-state index in [1.807, 2.05) is 11.0 Å². The molecule has 1 aromatic heterocycles. The van der Waals surface area contributed by atoms with Crippen molar-refractivity contribution in [1.82, 2.24) is 9.88 Å². The van der Waals surface area contributed by atoms with E-state index in [0.29, 0.717) is 30.2 Å². The summed E-state index contributed by atoms with van der Waals surface area (Å²) in [6.45, 7) is 7.83. The highest BCUT2D eigenvalue weighted by Crippen LogP contribution is 2.44. The van der Waals surface area contributed by atoms with E-state index in [-0.39, 0.29) is 22.9 Å². The van der Waals surface area contributed by atoms with Crippen LogP contribution in [0.4, 0.5) is 4.39 Å². The molecule has 0 aliphatic carbocycles. The number of nitrogens with zero attached hydrogens (tertiary/aromatic N) is 1. The molecule has 1 amide bonds. The molecule has 2 atom stereocenters. The number of rotatable bonds is 1. The Kier molecular flexibility index (Phi) is 3.69. The molecular formula is C20H25FN2O2. The van der Waals surface area contributed by atoms with Crippen LogP contribution in [-0.4, -0.2) is 40.1 Å². The second kappa shape index (κ2) is 5.56. The van der Waals surface area contributed by atoms with Gasteiger partial charge in [0.2, 0.25) is 0 Å². The number of benzene rings is 1. The van der Waals surface area contributed by atoms with Gasteiger partial charge in [-0.3, -0.25) is 4.79 Å². The Morgan fingerprint density at radius 3 is 2.88 bits per heavy atom. The first-order valence-corrected chi connectivity index (χ1v) is 9.04. The predicted octanol–water partition coefficient (Wildman–Crippen LogP) is 4.12. The van der Waals surface area contributed by atoms with Crippen molar-refractivity contribution < 1.29 is 13.9 Å². The summed E-state index contributed by atoms with van der Waals surface area (Å²) in [7, 11) is 0. The third-order valence-corrected chi connectivity index (χ3v) is 5.91. The van der Waals surface area contributed by atoms with Crippen molar-refractivity contribution in [3.63, 3.8) is 0 Å². The number of aromatic nitrogens is 1. The molecule has 5 heteroatoms. The number of nitrogens with one attached hydrogen (secondary N) is 1. The molecule has 0 saturated carbocycles. The van der Waals surface area contributed by atoms with Crippen LogP contribution in [-0.2, 0) is 4.74 Å². The van der Waals surface area contributed by atoms with Gasteiger partial charge in [-0.2, -0.15) is 0 Å². The highest BCUT2D eigenvalue weighted by molar-refractivity contribution is 5.98. The molecule has 2 aliphatic rings. The van der Waals surface area contributed by atoms with Crippen molar-refractivity contribution in [3.05, 3.63) is 35.8 Å². The summed E-state index contributed by atoms with van der Waals surface area (Å²) < 4.78 is 20.2. The van der Waals surface area contributed by atoms with Crippen molar-refractivity contribution in [2.45, 2.75) is 51.2 Å². The smallest absolute Gasteiger partial charge is 0.270 e. The van der Waals surface area contributed by atoms with Gasteiger partial charge in [-0.15, -0.1) is 0 Å². The fraction of sp³-hybridized carbons (Fsp3) is 0.550. The van der Waals surface area contributed by atoms with Crippen molar-refractivity contribution in [3.8, 4) is 0 Å². The molecule has 0 radical (unpaired) electrons. The standard InChI is InChI=1S/C20H25FN2O2/c1-19(2)8-7-14-12-23(10-9-20(14,3)25-19)18(24)16-11-13-5-4-6-15(21)17(13)22-16/h4-6,11,14,22H,7-10,12H2,1-3H3/t14-,20+/m0/s1. The van der Waals surface area contributed by atoms with Crippen molar-refractivity contribution >= 4 is 16.8 Å². The van der Waals surface area contributed by atoms with Crippen LogP contribution in [0.25, 0.3) is 10.9 Å². The Morgan fingerprint density at radius 2 is 2.12 bits per heavy atom. The van der Waals surface area contributed by atoms with Gasteiger partial charge in [0.25, 0.3) is 5.91 Å². The average molecular weight is 344 g/mol. The van der Waals surface area contributed by atoms with Crippen molar-refractivity contribution in [2.24, 2.45) is 5.92 Å². The van der Waals surface area contributed by atoms with Crippen molar-refractivity contribution in [2.75, 3.05) is 13.1 Å². The van der Waals surface area contributed by atoms with E-state index in [4.69, 9.17) is 4.74 Å². The fourth-order valence-electron chi connectivity index (χ4n) is 4.44. The molecule has 2 saturated heterocycles. The molecule has 2 aliphatic heterocycles. The Balaban J connectivity index is 1.55. The second-order valence-corrected chi connectivity index (χ2v) is 8.30. The molecule has 1 N–H and O–H groups in total. The number of ether oxygens (including phenoxy) is 1.